The van der Waals surface area contributed by atoms with Crippen LogP contribution in [0.3, 0.4) is 0 Å². The summed E-state index contributed by atoms with van der Waals surface area (Å²) in [5.74, 6) is 0.258. The van der Waals surface area contributed by atoms with E-state index in [-0.39, 0.29) is 17.6 Å². The molecule has 20 heavy (non-hydrogen) atoms. The molecule has 0 radical (unpaired) electrons. The van der Waals surface area contributed by atoms with E-state index in [0.717, 1.165) is 24.9 Å². The van der Waals surface area contributed by atoms with Crippen LogP contribution in [0.15, 0.2) is 23.1 Å². The van der Waals surface area contributed by atoms with E-state index >= 15 is 0 Å². The number of H-pyrrole nitrogens is 1. The molecule has 1 saturated heterocycles. The zero-order valence-electron chi connectivity index (χ0n) is 12.3. The number of amides is 1. The van der Waals surface area contributed by atoms with E-state index < -0.39 is 5.60 Å². The molecule has 1 aliphatic heterocycles. The molecule has 0 spiro atoms. The third-order valence-corrected chi connectivity index (χ3v) is 3.35. The van der Waals surface area contributed by atoms with Crippen molar-refractivity contribution >= 4 is 6.09 Å². The number of nitrogens with zero attached hydrogens (tertiary/aromatic N) is 1. The fraction of sp³-hybridized carbons (Fsp3) is 0.600. The summed E-state index contributed by atoms with van der Waals surface area (Å²) in [7, 11) is 0. The van der Waals surface area contributed by atoms with E-state index in [9.17, 15) is 9.59 Å². The van der Waals surface area contributed by atoms with Crippen LogP contribution in [0.1, 0.15) is 45.1 Å². The van der Waals surface area contributed by atoms with Gasteiger partial charge < -0.3 is 14.6 Å². The third kappa shape index (κ3) is 3.85. The summed E-state index contributed by atoms with van der Waals surface area (Å²) in [6.45, 7) is 6.98. The van der Waals surface area contributed by atoms with Crippen LogP contribution < -0.4 is 5.56 Å². The predicted molar refractivity (Wildman–Crippen MR) is 76.8 cm³/mol. The van der Waals surface area contributed by atoms with Crippen molar-refractivity contribution < 1.29 is 9.53 Å². The largest absolute Gasteiger partial charge is 0.444 e. The molecule has 1 aromatic rings. The molecule has 1 aromatic heterocycles. The monoisotopic (exact) mass is 278 g/mol. The van der Waals surface area contributed by atoms with Crippen LogP contribution in [0.25, 0.3) is 0 Å². The number of aromatic nitrogens is 1. The number of pyridine rings is 1. The highest BCUT2D eigenvalue weighted by Crippen LogP contribution is 2.26. The predicted octanol–water partition coefficient (Wildman–Crippen LogP) is 2.49. The SMILES string of the molecule is CC(C)(C)OC(=O)N1CCC[C@@H](c2ccc(=O)[nH]c2)C1. The normalized spacial score (nSPS) is 19.8. The van der Waals surface area contributed by atoms with Gasteiger partial charge in [0.15, 0.2) is 0 Å². The highest BCUT2D eigenvalue weighted by atomic mass is 16.6. The highest BCUT2D eigenvalue weighted by Gasteiger charge is 2.28. The van der Waals surface area contributed by atoms with Crippen molar-refractivity contribution in [3.63, 3.8) is 0 Å². The number of likely N-dealkylation sites (tertiary alicyclic amines) is 1. The summed E-state index contributed by atoms with van der Waals surface area (Å²) < 4.78 is 5.41. The molecule has 2 rings (SSSR count). The van der Waals surface area contributed by atoms with Crippen molar-refractivity contribution in [3.8, 4) is 0 Å². The first-order chi connectivity index (χ1) is 9.35. The van der Waals surface area contributed by atoms with Crippen molar-refractivity contribution in [3.05, 3.63) is 34.2 Å². The Kier molecular flexibility index (Phi) is 4.16. The van der Waals surface area contributed by atoms with Gasteiger partial charge in [0.25, 0.3) is 0 Å². The first-order valence-electron chi connectivity index (χ1n) is 7.02. The number of carbonyl (C=O) groups is 1. The summed E-state index contributed by atoms with van der Waals surface area (Å²) in [6, 6.07) is 3.36. The standard InChI is InChI=1S/C15H22N2O3/c1-15(2,3)20-14(19)17-8-4-5-12(10-17)11-6-7-13(18)16-9-11/h6-7,9,12H,4-5,8,10H2,1-3H3,(H,16,18)/t12-/m1/s1. The number of ether oxygens (including phenoxy) is 1. The third-order valence-electron chi connectivity index (χ3n) is 3.35. The van der Waals surface area contributed by atoms with Crippen LogP contribution in [0, 0.1) is 0 Å². The van der Waals surface area contributed by atoms with E-state index in [1.807, 2.05) is 26.8 Å². The average molecular weight is 278 g/mol. The Bertz CT molecular complexity index is 510. The number of aromatic amines is 1. The smallest absolute Gasteiger partial charge is 0.410 e. The fourth-order valence-electron chi connectivity index (χ4n) is 2.42. The molecular weight excluding hydrogens is 256 g/mol. The number of carbonyl (C=O) groups excluding carboxylic acids is 1. The summed E-state index contributed by atoms with van der Waals surface area (Å²) in [5.41, 5.74) is 0.494. The number of piperidine rings is 1. The molecule has 1 aliphatic rings. The van der Waals surface area contributed by atoms with Crippen molar-refractivity contribution in [1.82, 2.24) is 9.88 Å². The van der Waals surface area contributed by atoms with Crippen LogP contribution in [0.5, 0.6) is 0 Å². The van der Waals surface area contributed by atoms with Crippen LogP contribution in [-0.2, 0) is 4.74 Å². The first kappa shape index (κ1) is 14.6. The maximum Gasteiger partial charge on any atom is 0.410 e. The molecule has 110 valence electrons. The van der Waals surface area contributed by atoms with Gasteiger partial charge in [0.05, 0.1) is 0 Å². The highest BCUT2D eigenvalue weighted by molar-refractivity contribution is 5.68. The van der Waals surface area contributed by atoms with Gasteiger partial charge in [-0.2, -0.15) is 0 Å². The summed E-state index contributed by atoms with van der Waals surface area (Å²) in [5, 5.41) is 0. The van der Waals surface area contributed by atoms with Crippen molar-refractivity contribution in [2.24, 2.45) is 0 Å². The fourth-order valence-corrected chi connectivity index (χ4v) is 2.42. The van der Waals surface area contributed by atoms with E-state index in [0.29, 0.717) is 6.54 Å². The Balaban J connectivity index is 2.03. The maximum absolute atomic E-state index is 12.1. The van der Waals surface area contributed by atoms with Gasteiger partial charge >= 0.3 is 6.09 Å². The lowest BCUT2D eigenvalue weighted by Gasteiger charge is -2.34. The van der Waals surface area contributed by atoms with E-state index in [4.69, 9.17) is 4.74 Å². The summed E-state index contributed by atoms with van der Waals surface area (Å²) in [6.07, 6.45) is 3.45. The molecule has 5 nitrogen and oxygen atoms in total. The molecule has 2 heterocycles. The maximum atomic E-state index is 12.1. The number of hydrogen-bond acceptors (Lipinski definition) is 3. The molecule has 1 atom stereocenters. The molecule has 0 bridgehead atoms. The van der Waals surface area contributed by atoms with Gasteiger partial charge in [-0.1, -0.05) is 6.07 Å². The van der Waals surface area contributed by atoms with Gasteiger partial charge in [0, 0.05) is 31.3 Å². The molecule has 0 aliphatic carbocycles. The van der Waals surface area contributed by atoms with Gasteiger partial charge in [-0.15, -0.1) is 0 Å². The Morgan fingerprint density at radius 1 is 1.40 bits per heavy atom. The molecular formula is C15H22N2O3. The molecule has 0 unspecified atom stereocenters. The molecule has 1 amide bonds. The second kappa shape index (κ2) is 5.69. The first-order valence-corrected chi connectivity index (χ1v) is 7.02. The van der Waals surface area contributed by atoms with Gasteiger partial charge in [-0.3, -0.25) is 4.79 Å². The van der Waals surface area contributed by atoms with E-state index in [2.05, 4.69) is 4.98 Å². The second-order valence-corrected chi connectivity index (χ2v) is 6.25. The topological polar surface area (TPSA) is 62.4 Å². The van der Waals surface area contributed by atoms with Crippen LogP contribution in [0.2, 0.25) is 0 Å². The van der Waals surface area contributed by atoms with E-state index in [1.54, 1.807) is 11.1 Å². The van der Waals surface area contributed by atoms with Crippen molar-refractivity contribution in [1.29, 1.82) is 0 Å². The minimum atomic E-state index is -0.470. The molecule has 1 N–H and O–H groups in total. The molecule has 0 saturated carbocycles. The minimum Gasteiger partial charge on any atom is -0.444 e. The lowest BCUT2D eigenvalue weighted by atomic mass is 9.92. The quantitative estimate of drug-likeness (QED) is 0.858. The van der Waals surface area contributed by atoms with Crippen LogP contribution in [0.4, 0.5) is 4.79 Å². The Morgan fingerprint density at radius 2 is 2.15 bits per heavy atom. The van der Waals surface area contributed by atoms with Gasteiger partial charge in [-0.25, -0.2) is 4.79 Å². The minimum absolute atomic E-state index is 0.103. The van der Waals surface area contributed by atoms with Crippen LogP contribution in [-0.4, -0.2) is 34.7 Å². The van der Waals surface area contributed by atoms with Gasteiger partial charge in [-0.05, 0) is 39.2 Å². The number of hydrogen-bond donors (Lipinski definition) is 1. The summed E-state index contributed by atoms with van der Waals surface area (Å²) in [4.78, 5) is 27.6. The lowest BCUT2D eigenvalue weighted by molar-refractivity contribution is 0.0198. The second-order valence-electron chi connectivity index (χ2n) is 6.25. The Morgan fingerprint density at radius 3 is 2.75 bits per heavy atom. The van der Waals surface area contributed by atoms with Crippen LogP contribution >= 0.6 is 0 Å². The zero-order chi connectivity index (χ0) is 14.8. The summed E-state index contributed by atoms with van der Waals surface area (Å²) >= 11 is 0. The Hall–Kier alpha value is -1.78. The van der Waals surface area contributed by atoms with Gasteiger partial charge in [0.1, 0.15) is 5.60 Å². The van der Waals surface area contributed by atoms with Crippen molar-refractivity contribution in [2.45, 2.75) is 45.1 Å². The molecule has 1 fully saturated rings. The average Bonchev–Trinajstić information content (AvgIpc) is 2.38. The van der Waals surface area contributed by atoms with E-state index in [1.165, 1.54) is 6.07 Å². The number of nitrogens with one attached hydrogen (secondary N) is 1. The zero-order valence-corrected chi connectivity index (χ0v) is 12.3. The van der Waals surface area contributed by atoms with Gasteiger partial charge in [0.2, 0.25) is 5.56 Å². The van der Waals surface area contributed by atoms with Crippen molar-refractivity contribution in [2.75, 3.05) is 13.1 Å². The Labute approximate surface area is 118 Å². The number of rotatable bonds is 1. The lowest BCUT2D eigenvalue weighted by Crippen LogP contribution is -2.42. The molecule has 0 aromatic carbocycles. The molecule has 5 heteroatoms.